The molecule has 2 bridgehead atoms. The number of hydrogen-bond acceptors (Lipinski definition) is 5. The van der Waals surface area contributed by atoms with E-state index in [2.05, 4.69) is 40.4 Å². The number of quaternary nitrogens is 1. The van der Waals surface area contributed by atoms with Crippen LogP contribution in [0.15, 0.2) is 42.6 Å². The van der Waals surface area contributed by atoms with Gasteiger partial charge in [0, 0.05) is 42.6 Å². The third kappa shape index (κ3) is 5.47. The zero-order valence-electron chi connectivity index (χ0n) is 22.2. The second kappa shape index (κ2) is 11.3. The molecule has 4 N–H and O–H groups in total. The number of ether oxygens (including phenoxy) is 1. The maximum atomic E-state index is 13.4. The number of likely N-dealkylation sites (N-methyl/N-ethyl adjacent to an activating group) is 1. The Morgan fingerprint density at radius 2 is 1.92 bits per heavy atom. The number of piperidine rings is 1. The summed E-state index contributed by atoms with van der Waals surface area (Å²) in [7, 11) is 5.82. The first kappa shape index (κ1) is 25.9. The summed E-state index contributed by atoms with van der Waals surface area (Å²) in [5.74, 6) is 0.622. The molecule has 2 aliphatic heterocycles. The molecule has 0 radical (unpaired) electrons. The van der Waals surface area contributed by atoms with Gasteiger partial charge in [0.1, 0.15) is 11.9 Å². The van der Waals surface area contributed by atoms with Gasteiger partial charge >= 0.3 is 0 Å². The number of nitrogens with two attached hydrogens (primary N) is 1. The topological polar surface area (TPSA) is 85.3 Å². The van der Waals surface area contributed by atoms with E-state index >= 15 is 0 Å². The van der Waals surface area contributed by atoms with Crippen LogP contribution >= 0.6 is 0 Å². The number of hydrogen-bond donors (Lipinski definition) is 3. The van der Waals surface area contributed by atoms with Gasteiger partial charge in [0.05, 0.1) is 25.8 Å². The Morgan fingerprint density at radius 3 is 2.56 bits per heavy atom. The van der Waals surface area contributed by atoms with E-state index < -0.39 is 0 Å². The van der Waals surface area contributed by atoms with Gasteiger partial charge in [-0.25, -0.2) is 0 Å². The molecule has 192 valence electrons. The standard InChI is InChI=1S/C29H39N5O2/c1-19-9-10-24(34-17-25-7-6-8-26(18-34)33(25)4)14-28(19)29(35)32-20(2)21-11-22(13-27(12-21)36-5)23(15-30)16-31-3/h9-16,20,25-26,30-31H,6-8,17-18H2,1-5H3,(H,32,35)/p+1/b23-16+,30-15?/t20-,25?,26?/m1/s1. The first-order valence-electron chi connectivity index (χ1n) is 12.9. The monoisotopic (exact) mass is 490 g/mol. The van der Waals surface area contributed by atoms with E-state index in [4.69, 9.17) is 10.1 Å². The Labute approximate surface area is 215 Å². The first-order valence-corrected chi connectivity index (χ1v) is 12.9. The average Bonchev–Trinajstić information content (AvgIpc) is 2.87. The normalized spacial score (nSPS) is 21.1. The first-order chi connectivity index (χ1) is 17.3. The number of rotatable bonds is 8. The third-order valence-electron chi connectivity index (χ3n) is 7.77. The van der Waals surface area contributed by atoms with Crippen molar-refractivity contribution in [3.8, 4) is 5.75 Å². The number of carbonyl (C=O) groups is 1. The van der Waals surface area contributed by atoms with Crippen LogP contribution < -0.4 is 20.3 Å². The lowest BCUT2D eigenvalue weighted by Gasteiger charge is -2.49. The van der Waals surface area contributed by atoms with Crippen molar-refractivity contribution in [2.75, 3.05) is 39.2 Å². The zero-order valence-corrected chi connectivity index (χ0v) is 22.2. The maximum Gasteiger partial charge on any atom is 0.252 e. The van der Waals surface area contributed by atoms with E-state index in [0.717, 1.165) is 41.0 Å². The largest absolute Gasteiger partial charge is 0.497 e. The highest BCUT2D eigenvalue weighted by Crippen LogP contribution is 2.31. The molecule has 0 aromatic heterocycles. The van der Waals surface area contributed by atoms with Gasteiger partial charge in [-0.2, -0.15) is 0 Å². The van der Waals surface area contributed by atoms with E-state index in [-0.39, 0.29) is 11.9 Å². The molecule has 1 amide bonds. The lowest BCUT2D eigenvalue weighted by atomic mass is 9.91. The highest BCUT2D eigenvalue weighted by atomic mass is 16.5. The number of aryl methyl sites for hydroxylation is 1. The molecule has 2 saturated heterocycles. The number of nitrogens with one attached hydrogen (secondary N) is 2. The van der Waals surface area contributed by atoms with E-state index in [9.17, 15) is 4.79 Å². The summed E-state index contributed by atoms with van der Waals surface area (Å²) in [5.41, 5.74) is 5.42. The summed E-state index contributed by atoms with van der Waals surface area (Å²) < 4.78 is 5.51. The van der Waals surface area contributed by atoms with Crippen molar-refractivity contribution in [3.63, 3.8) is 0 Å². The van der Waals surface area contributed by atoms with Crippen LogP contribution in [0.5, 0.6) is 5.75 Å². The molecule has 0 aliphatic carbocycles. The average molecular weight is 491 g/mol. The van der Waals surface area contributed by atoms with Crippen LogP contribution in [0.1, 0.15) is 59.3 Å². The summed E-state index contributed by atoms with van der Waals surface area (Å²) in [5, 5.41) is 12.9. The fourth-order valence-electron chi connectivity index (χ4n) is 5.50. The van der Waals surface area contributed by atoms with E-state index in [1.54, 1.807) is 7.11 Å². The van der Waals surface area contributed by atoms with Crippen molar-refractivity contribution >= 4 is 23.4 Å². The number of carbonyl (C=O) groups excluding carboxylic acids is 1. The summed E-state index contributed by atoms with van der Waals surface area (Å²) >= 11 is 0. The number of nitrogens with zero attached hydrogens (tertiary/aromatic N) is 2. The van der Waals surface area contributed by atoms with Gasteiger partial charge < -0.3 is 25.7 Å². The highest BCUT2D eigenvalue weighted by molar-refractivity contribution is 6.08. The van der Waals surface area contributed by atoms with Gasteiger partial charge in [-0.05, 0) is 80.8 Å². The number of piperazine rings is 1. The molecule has 2 heterocycles. The van der Waals surface area contributed by atoms with Crippen LogP contribution in [0.4, 0.5) is 5.69 Å². The van der Waals surface area contributed by atoms with Gasteiger partial charge in [-0.15, -0.1) is 0 Å². The van der Waals surface area contributed by atoms with Crippen molar-refractivity contribution in [1.29, 1.82) is 5.41 Å². The van der Waals surface area contributed by atoms with Crippen LogP contribution in [-0.4, -0.2) is 63.4 Å². The maximum absolute atomic E-state index is 13.4. The van der Waals surface area contributed by atoms with Gasteiger partial charge in [-0.3, -0.25) is 9.69 Å². The molecule has 36 heavy (non-hydrogen) atoms. The molecular formula is C29H40N5O2+. The predicted octanol–water partition coefficient (Wildman–Crippen LogP) is 3.35. The van der Waals surface area contributed by atoms with Crippen LogP contribution in [-0.2, 0) is 0 Å². The third-order valence-corrected chi connectivity index (χ3v) is 7.77. The molecule has 3 atom stereocenters. The molecule has 0 saturated carbocycles. The zero-order chi connectivity index (χ0) is 25.8. The molecule has 7 heteroatoms. The molecule has 0 spiro atoms. The Balaban J connectivity index is 1.54. The minimum atomic E-state index is -0.227. The Morgan fingerprint density at radius 1 is 1.19 bits per heavy atom. The summed E-state index contributed by atoms with van der Waals surface area (Å²) in [6.07, 6.45) is 7.04. The summed E-state index contributed by atoms with van der Waals surface area (Å²) in [6.45, 7) is 6.00. The lowest BCUT2D eigenvalue weighted by Crippen LogP contribution is -2.72. The van der Waals surface area contributed by atoms with Crippen molar-refractivity contribution in [1.82, 2.24) is 10.2 Å². The van der Waals surface area contributed by atoms with E-state index in [1.807, 2.05) is 50.6 Å². The minimum absolute atomic E-state index is 0.0785. The van der Waals surface area contributed by atoms with E-state index in [1.165, 1.54) is 25.5 Å². The molecular weight excluding hydrogens is 450 g/mol. The van der Waals surface area contributed by atoms with Crippen LogP contribution in [0.2, 0.25) is 0 Å². The van der Waals surface area contributed by atoms with Gasteiger partial charge in [-0.1, -0.05) is 12.5 Å². The van der Waals surface area contributed by atoms with Crippen LogP contribution in [0, 0.1) is 12.3 Å². The molecule has 4 rings (SSSR count). The highest BCUT2D eigenvalue weighted by Gasteiger charge is 2.35. The smallest absolute Gasteiger partial charge is 0.252 e. The van der Waals surface area contributed by atoms with Crippen molar-refractivity contribution < 1.29 is 14.8 Å². The van der Waals surface area contributed by atoms with Crippen molar-refractivity contribution in [2.45, 2.75) is 51.2 Å². The van der Waals surface area contributed by atoms with Crippen molar-refractivity contribution in [3.05, 3.63) is 64.9 Å². The SMILES string of the molecule is C[NH2+]/C=C(\C=N)c1cc(OC)cc([C@@H](C)NC(=O)c2cc(N3CC4CCCC(C3)N4C)ccc2C)c1. The minimum Gasteiger partial charge on any atom is -0.497 e. The van der Waals surface area contributed by atoms with Crippen molar-refractivity contribution in [2.24, 2.45) is 0 Å². The number of amides is 1. The number of benzene rings is 2. The van der Waals surface area contributed by atoms with Crippen LogP contribution in [0.3, 0.4) is 0 Å². The fourth-order valence-corrected chi connectivity index (χ4v) is 5.50. The van der Waals surface area contributed by atoms with E-state index in [0.29, 0.717) is 23.4 Å². The number of fused-ring (bicyclic) bond motifs is 2. The van der Waals surface area contributed by atoms with Crippen LogP contribution in [0.25, 0.3) is 5.57 Å². The number of anilines is 1. The second-order valence-electron chi connectivity index (χ2n) is 10.1. The molecule has 2 fully saturated rings. The molecule has 2 aromatic rings. The lowest BCUT2D eigenvalue weighted by molar-refractivity contribution is -0.555. The molecule has 2 unspecified atom stereocenters. The Kier molecular flexibility index (Phi) is 8.11. The summed E-state index contributed by atoms with van der Waals surface area (Å²) in [6, 6.07) is 13.1. The fraction of sp³-hybridized carbons (Fsp3) is 0.448. The number of allylic oxidation sites excluding steroid dienone is 1. The Hall–Kier alpha value is -3.16. The predicted molar refractivity (Wildman–Crippen MR) is 146 cm³/mol. The molecule has 2 aliphatic rings. The Bertz CT molecular complexity index is 1130. The molecule has 7 nitrogen and oxygen atoms in total. The quantitative estimate of drug-likeness (QED) is 0.496. The van der Waals surface area contributed by atoms with Gasteiger partial charge in [0.25, 0.3) is 5.91 Å². The van der Waals surface area contributed by atoms with Gasteiger partial charge in [0.15, 0.2) is 0 Å². The summed E-state index contributed by atoms with van der Waals surface area (Å²) in [4.78, 5) is 18.4. The number of methoxy groups -OCH3 is 1. The molecule has 2 aromatic carbocycles. The van der Waals surface area contributed by atoms with Gasteiger partial charge in [0.2, 0.25) is 0 Å². The second-order valence-corrected chi connectivity index (χ2v) is 10.1.